The Morgan fingerprint density at radius 2 is 1.83 bits per heavy atom. The highest BCUT2D eigenvalue weighted by atomic mass is 16.5. The average molecular weight is 497 g/mol. The van der Waals surface area contributed by atoms with Crippen LogP contribution < -0.4 is 31.4 Å². The molecule has 4 rings (SSSR count). The number of amides is 2. The van der Waals surface area contributed by atoms with Crippen molar-refractivity contribution in [1.29, 1.82) is 0 Å². The van der Waals surface area contributed by atoms with Gasteiger partial charge in [-0.1, -0.05) is 12.1 Å². The van der Waals surface area contributed by atoms with Crippen molar-refractivity contribution in [2.45, 2.75) is 38.4 Å². The van der Waals surface area contributed by atoms with Gasteiger partial charge in [0, 0.05) is 30.4 Å². The van der Waals surface area contributed by atoms with Crippen LogP contribution in [0.4, 0.5) is 10.5 Å². The van der Waals surface area contributed by atoms with Crippen LogP contribution in [0.3, 0.4) is 0 Å². The lowest BCUT2D eigenvalue weighted by Gasteiger charge is -2.17. The summed E-state index contributed by atoms with van der Waals surface area (Å²) < 4.78 is 17.9. The summed E-state index contributed by atoms with van der Waals surface area (Å²) in [5, 5.41) is 15.7. The predicted octanol–water partition coefficient (Wildman–Crippen LogP) is 1.90. The Labute approximate surface area is 206 Å². The maximum absolute atomic E-state index is 12.3. The number of carbonyl (C=O) groups excluding carboxylic acids is 1. The molecular weight excluding hydrogens is 468 g/mol. The Kier molecular flexibility index (Phi) is 7.71. The minimum atomic E-state index is -0.892. The molecule has 3 aromatic rings. The number of aliphatic hydroxyl groups is 1. The van der Waals surface area contributed by atoms with Gasteiger partial charge in [0.25, 0.3) is 5.56 Å². The van der Waals surface area contributed by atoms with E-state index in [0.29, 0.717) is 23.6 Å². The molecule has 4 N–H and O–H groups in total. The van der Waals surface area contributed by atoms with Crippen molar-refractivity contribution < 1.29 is 24.1 Å². The van der Waals surface area contributed by atoms with Crippen LogP contribution in [0.15, 0.2) is 64.3 Å². The molecule has 3 atom stereocenters. The summed E-state index contributed by atoms with van der Waals surface area (Å²) in [5.41, 5.74) is 0.819. The Morgan fingerprint density at radius 3 is 2.53 bits per heavy atom. The van der Waals surface area contributed by atoms with Crippen molar-refractivity contribution >= 4 is 11.7 Å². The van der Waals surface area contributed by atoms with Crippen molar-refractivity contribution in [3.05, 3.63) is 86.7 Å². The number of aromatic nitrogens is 2. The van der Waals surface area contributed by atoms with Gasteiger partial charge in [0.05, 0.1) is 13.2 Å². The standard InChI is InChI=1S/C25H28N4O7/c1-15-13-29(25(33)28-23(15)31)22-11-20(30)21(36-22)12-26-24(32)27-17-5-9-19(10-6-17)35-14-16-3-7-18(34-2)8-4-16/h3-10,13,20-22,30H,11-12,14H2,1-2H3,(H2,26,27,32)(H,28,31,33)/t20-,21+,22+/m0/s1. The second kappa shape index (κ2) is 11.1. The van der Waals surface area contributed by atoms with Gasteiger partial charge in [0.15, 0.2) is 0 Å². The fourth-order valence-electron chi connectivity index (χ4n) is 3.76. The van der Waals surface area contributed by atoms with Crippen LogP contribution in [0, 0.1) is 6.92 Å². The van der Waals surface area contributed by atoms with Crippen molar-refractivity contribution in [2.75, 3.05) is 19.0 Å². The fourth-order valence-corrected chi connectivity index (χ4v) is 3.76. The van der Waals surface area contributed by atoms with Gasteiger partial charge in [-0.25, -0.2) is 9.59 Å². The number of methoxy groups -OCH3 is 1. The molecule has 0 saturated carbocycles. The van der Waals surface area contributed by atoms with Gasteiger partial charge in [-0.05, 0) is 48.9 Å². The number of benzene rings is 2. The number of hydrogen-bond acceptors (Lipinski definition) is 7. The predicted molar refractivity (Wildman–Crippen MR) is 131 cm³/mol. The minimum Gasteiger partial charge on any atom is -0.497 e. The molecule has 0 aliphatic carbocycles. The number of ether oxygens (including phenoxy) is 3. The molecule has 11 heteroatoms. The molecule has 0 spiro atoms. The second-order valence-electron chi connectivity index (χ2n) is 8.41. The van der Waals surface area contributed by atoms with E-state index in [9.17, 15) is 19.5 Å². The van der Waals surface area contributed by atoms with Gasteiger partial charge in [0.1, 0.15) is 30.4 Å². The van der Waals surface area contributed by atoms with Gasteiger partial charge in [-0.3, -0.25) is 14.3 Å². The molecule has 1 saturated heterocycles. The van der Waals surface area contributed by atoms with Crippen LogP contribution >= 0.6 is 0 Å². The van der Waals surface area contributed by atoms with Gasteiger partial charge in [-0.2, -0.15) is 0 Å². The minimum absolute atomic E-state index is 0.0314. The first-order chi connectivity index (χ1) is 17.3. The summed E-state index contributed by atoms with van der Waals surface area (Å²) in [6.07, 6.45) is -0.809. The van der Waals surface area contributed by atoms with Gasteiger partial charge in [-0.15, -0.1) is 0 Å². The quantitative estimate of drug-likeness (QED) is 0.373. The van der Waals surface area contributed by atoms with E-state index in [4.69, 9.17) is 14.2 Å². The molecule has 1 aromatic heterocycles. The summed E-state index contributed by atoms with van der Waals surface area (Å²) in [7, 11) is 1.61. The number of H-pyrrole nitrogens is 1. The lowest BCUT2D eigenvalue weighted by Crippen LogP contribution is -2.39. The summed E-state index contributed by atoms with van der Waals surface area (Å²) in [6.45, 7) is 2.00. The Balaban J connectivity index is 1.24. The van der Waals surface area contributed by atoms with E-state index in [1.165, 1.54) is 10.8 Å². The molecule has 1 fully saturated rings. The van der Waals surface area contributed by atoms with Crippen molar-refractivity contribution in [1.82, 2.24) is 14.9 Å². The number of urea groups is 1. The summed E-state index contributed by atoms with van der Waals surface area (Å²) in [6, 6.07) is 14.0. The van der Waals surface area contributed by atoms with Gasteiger partial charge >= 0.3 is 11.7 Å². The number of hydrogen-bond donors (Lipinski definition) is 4. The molecule has 36 heavy (non-hydrogen) atoms. The Morgan fingerprint density at radius 1 is 1.14 bits per heavy atom. The number of aromatic amines is 1. The molecule has 1 aliphatic rings. The normalized spacial score (nSPS) is 19.0. The fraction of sp³-hybridized carbons (Fsp3) is 0.320. The second-order valence-corrected chi connectivity index (χ2v) is 8.41. The zero-order valence-corrected chi connectivity index (χ0v) is 19.9. The zero-order valence-electron chi connectivity index (χ0n) is 19.9. The highest BCUT2D eigenvalue weighted by Crippen LogP contribution is 2.27. The number of nitrogens with one attached hydrogen (secondary N) is 3. The van der Waals surface area contributed by atoms with E-state index in [1.807, 2.05) is 24.3 Å². The van der Waals surface area contributed by atoms with Gasteiger partial charge < -0.3 is 30.0 Å². The molecule has 0 radical (unpaired) electrons. The zero-order chi connectivity index (χ0) is 25.7. The van der Waals surface area contributed by atoms with Crippen LogP contribution in [0.25, 0.3) is 0 Å². The SMILES string of the molecule is COc1ccc(COc2ccc(NC(=O)NC[C@H]3O[C@@H](n4cc(C)c(=O)[nH]c4=O)C[C@@H]3O)cc2)cc1. The number of anilines is 1. The van der Waals surface area contributed by atoms with Crippen LogP contribution in [0.5, 0.6) is 11.5 Å². The maximum atomic E-state index is 12.3. The lowest BCUT2D eigenvalue weighted by atomic mass is 10.2. The van der Waals surface area contributed by atoms with E-state index < -0.39 is 35.7 Å². The highest BCUT2D eigenvalue weighted by Gasteiger charge is 2.35. The van der Waals surface area contributed by atoms with E-state index in [1.54, 1.807) is 38.3 Å². The van der Waals surface area contributed by atoms with Crippen molar-refractivity contribution in [3.63, 3.8) is 0 Å². The van der Waals surface area contributed by atoms with Crippen LogP contribution in [0.2, 0.25) is 0 Å². The van der Waals surface area contributed by atoms with Gasteiger partial charge in [0.2, 0.25) is 0 Å². The highest BCUT2D eigenvalue weighted by molar-refractivity contribution is 5.89. The molecule has 2 amide bonds. The Hall–Kier alpha value is -4.09. The molecular formula is C25H28N4O7. The van der Waals surface area contributed by atoms with Crippen LogP contribution in [-0.2, 0) is 11.3 Å². The number of nitrogens with zero attached hydrogens (tertiary/aromatic N) is 1. The number of aryl methyl sites for hydroxylation is 1. The third-order valence-electron chi connectivity index (χ3n) is 5.80. The van der Waals surface area contributed by atoms with Crippen LogP contribution in [-0.4, -0.2) is 46.6 Å². The Bertz CT molecular complexity index is 1300. The number of rotatable bonds is 8. The molecule has 190 valence electrons. The monoisotopic (exact) mass is 496 g/mol. The molecule has 0 unspecified atom stereocenters. The van der Waals surface area contributed by atoms with E-state index >= 15 is 0 Å². The first kappa shape index (κ1) is 25.0. The first-order valence-corrected chi connectivity index (χ1v) is 11.4. The number of carbonyl (C=O) groups is 1. The molecule has 11 nitrogen and oxygen atoms in total. The molecule has 0 bridgehead atoms. The van der Waals surface area contributed by atoms with E-state index in [-0.39, 0.29) is 13.0 Å². The van der Waals surface area contributed by atoms with Crippen molar-refractivity contribution in [3.8, 4) is 11.5 Å². The maximum Gasteiger partial charge on any atom is 0.330 e. The van der Waals surface area contributed by atoms with E-state index in [2.05, 4.69) is 15.6 Å². The smallest absolute Gasteiger partial charge is 0.330 e. The molecule has 1 aliphatic heterocycles. The lowest BCUT2D eigenvalue weighted by molar-refractivity contribution is -0.0178. The van der Waals surface area contributed by atoms with Crippen molar-refractivity contribution in [2.24, 2.45) is 0 Å². The third-order valence-corrected chi connectivity index (χ3v) is 5.80. The molecule has 2 aromatic carbocycles. The largest absolute Gasteiger partial charge is 0.497 e. The summed E-state index contributed by atoms with van der Waals surface area (Å²) in [5.74, 6) is 1.43. The summed E-state index contributed by atoms with van der Waals surface area (Å²) >= 11 is 0. The topological polar surface area (TPSA) is 144 Å². The first-order valence-electron chi connectivity index (χ1n) is 11.4. The summed E-state index contributed by atoms with van der Waals surface area (Å²) in [4.78, 5) is 38.2. The average Bonchev–Trinajstić information content (AvgIpc) is 3.25. The van der Waals surface area contributed by atoms with E-state index in [0.717, 1.165) is 11.3 Å². The molecule has 2 heterocycles. The van der Waals surface area contributed by atoms with Crippen LogP contribution in [0.1, 0.15) is 23.8 Å². The third kappa shape index (κ3) is 6.12. The number of aliphatic hydroxyl groups excluding tert-OH is 1.